The molecule has 5 heteroatoms. The lowest BCUT2D eigenvalue weighted by atomic mass is 10.2. The molecule has 2 rings (SSSR count). The number of nitrogens with zero attached hydrogens (tertiary/aromatic N) is 4. The highest BCUT2D eigenvalue weighted by Gasteiger charge is 2.35. The fourth-order valence-electron chi connectivity index (χ4n) is 3.65. The minimum Gasteiger partial charge on any atom is -0.344 e. The molecular formula is C17H30N4O. The number of carbonyl (C=O) groups excluding carboxylic acids is 1. The third kappa shape index (κ3) is 3.69. The third-order valence-electron chi connectivity index (χ3n) is 5.02. The van der Waals surface area contributed by atoms with Crippen molar-refractivity contribution >= 4 is 5.91 Å². The molecule has 0 aliphatic carbocycles. The lowest BCUT2D eigenvalue weighted by molar-refractivity contribution is -0.136. The zero-order valence-corrected chi connectivity index (χ0v) is 14.6. The minimum atomic E-state index is -0.0209. The van der Waals surface area contributed by atoms with Crippen LogP contribution in [-0.2, 0) is 11.3 Å². The summed E-state index contributed by atoms with van der Waals surface area (Å²) in [7, 11) is 1.92. The fourth-order valence-corrected chi connectivity index (χ4v) is 3.65. The zero-order valence-electron chi connectivity index (χ0n) is 14.6. The molecule has 0 bridgehead atoms. The molecule has 1 amide bonds. The Bertz CT molecular complexity index is 489. The SMILES string of the molecule is Cc1nccn1CCCN(C)C(=O)[C@H](C)N1[C@H](C)CC[C@H]1C. The molecule has 1 fully saturated rings. The lowest BCUT2D eigenvalue weighted by Crippen LogP contribution is -2.49. The van der Waals surface area contributed by atoms with Crippen LogP contribution in [-0.4, -0.2) is 57.0 Å². The minimum absolute atomic E-state index is 0.0209. The van der Waals surface area contributed by atoms with Gasteiger partial charge in [0.05, 0.1) is 6.04 Å². The van der Waals surface area contributed by atoms with Crippen molar-refractivity contribution in [2.24, 2.45) is 0 Å². The number of amides is 1. The summed E-state index contributed by atoms with van der Waals surface area (Å²) < 4.78 is 2.13. The molecule has 1 aromatic heterocycles. The van der Waals surface area contributed by atoms with Gasteiger partial charge in [-0.15, -0.1) is 0 Å². The number of hydrogen-bond donors (Lipinski definition) is 0. The van der Waals surface area contributed by atoms with Crippen molar-refractivity contribution in [2.75, 3.05) is 13.6 Å². The molecule has 0 N–H and O–H groups in total. The molecule has 124 valence electrons. The Morgan fingerprint density at radius 1 is 1.41 bits per heavy atom. The Labute approximate surface area is 134 Å². The normalized spacial score (nSPS) is 23.7. The molecule has 1 saturated heterocycles. The zero-order chi connectivity index (χ0) is 16.3. The van der Waals surface area contributed by atoms with Crippen LogP contribution < -0.4 is 0 Å². The first kappa shape index (κ1) is 17.0. The van der Waals surface area contributed by atoms with Crippen molar-refractivity contribution in [3.8, 4) is 0 Å². The number of likely N-dealkylation sites (N-methyl/N-ethyl adjacent to an activating group) is 1. The van der Waals surface area contributed by atoms with E-state index in [0.717, 1.165) is 25.3 Å². The van der Waals surface area contributed by atoms with Crippen molar-refractivity contribution in [2.45, 2.75) is 71.6 Å². The van der Waals surface area contributed by atoms with Crippen LogP contribution in [0.1, 0.15) is 45.9 Å². The van der Waals surface area contributed by atoms with Gasteiger partial charge in [0.2, 0.25) is 5.91 Å². The molecule has 0 unspecified atom stereocenters. The van der Waals surface area contributed by atoms with Crippen molar-refractivity contribution < 1.29 is 4.79 Å². The predicted octanol–water partition coefficient (Wildman–Crippen LogP) is 2.30. The quantitative estimate of drug-likeness (QED) is 0.810. The number of aryl methyl sites for hydroxylation is 2. The van der Waals surface area contributed by atoms with Crippen LogP contribution in [0.15, 0.2) is 12.4 Å². The maximum atomic E-state index is 12.6. The first-order valence-corrected chi connectivity index (χ1v) is 8.42. The topological polar surface area (TPSA) is 41.4 Å². The Hall–Kier alpha value is -1.36. The molecule has 1 aliphatic heterocycles. The first-order valence-electron chi connectivity index (χ1n) is 8.42. The summed E-state index contributed by atoms with van der Waals surface area (Å²) >= 11 is 0. The summed E-state index contributed by atoms with van der Waals surface area (Å²) in [5.41, 5.74) is 0. The maximum absolute atomic E-state index is 12.6. The predicted molar refractivity (Wildman–Crippen MR) is 88.7 cm³/mol. The molecule has 0 radical (unpaired) electrons. The van der Waals surface area contributed by atoms with E-state index in [1.807, 2.05) is 31.3 Å². The Morgan fingerprint density at radius 2 is 2.05 bits per heavy atom. The van der Waals surface area contributed by atoms with E-state index in [1.54, 1.807) is 0 Å². The number of likely N-dealkylation sites (tertiary alicyclic amines) is 1. The van der Waals surface area contributed by atoms with E-state index in [1.165, 1.54) is 12.8 Å². The van der Waals surface area contributed by atoms with Gasteiger partial charge in [0.15, 0.2) is 0 Å². The van der Waals surface area contributed by atoms with Crippen LogP contribution in [0.5, 0.6) is 0 Å². The van der Waals surface area contributed by atoms with E-state index in [9.17, 15) is 4.79 Å². The molecular weight excluding hydrogens is 276 g/mol. The average molecular weight is 306 g/mol. The second kappa shape index (κ2) is 7.27. The van der Waals surface area contributed by atoms with Crippen LogP contribution >= 0.6 is 0 Å². The van der Waals surface area contributed by atoms with Crippen molar-refractivity contribution in [1.29, 1.82) is 0 Å². The largest absolute Gasteiger partial charge is 0.344 e. The summed E-state index contributed by atoms with van der Waals surface area (Å²) in [5.74, 6) is 1.27. The van der Waals surface area contributed by atoms with E-state index in [0.29, 0.717) is 12.1 Å². The molecule has 5 nitrogen and oxygen atoms in total. The van der Waals surface area contributed by atoms with Gasteiger partial charge in [-0.2, -0.15) is 0 Å². The highest BCUT2D eigenvalue weighted by atomic mass is 16.2. The average Bonchev–Trinajstić information content (AvgIpc) is 3.03. The summed E-state index contributed by atoms with van der Waals surface area (Å²) in [6.45, 7) is 10.2. The molecule has 0 saturated carbocycles. The molecule has 1 aromatic rings. The van der Waals surface area contributed by atoms with Crippen molar-refractivity contribution in [3.63, 3.8) is 0 Å². The summed E-state index contributed by atoms with van der Waals surface area (Å²) in [6.07, 6.45) is 7.16. The van der Waals surface area contributed by atoms with Gasteiger partial charge in [-0.05, 0) is 47.0 Å². The number of aromatic nitrogens is 2. The first-order chi connectivity index (χ1) is 10.4. The summed E-state index contributed by atoms with van der Waals surface area (Å²) in [6, 6.07) is 0.999. The smallest absolute Gasteiger partial charge is 0.239 e. The van der Waals surface area contributed by atoms with E-state index in [4.69, 9.17) is 0 Å². The van der Waals surface area contributed by atoms with Gasteiger partial charge >= 0.3 is 0 Å². The molecule has 22 heavy (non-hydrogen) atoms. The van der Waals surface area contributed by atoms with Gasteiger partial charge in [-0.25, -0.2) is 4.98 Å². The van der Waals surface area contributed by atoms with E-state index < -0.39 is 0 Å². The third-order valence-corrected chi connectivity index (χ3v) is 5.02. The Balaban J connectivity index is 1.82. The maximum Gasteiger partial charge on any atom is 0.239 e. The van der Waals surface area contributed by atoms with E-state index >= 15 is 0 Å². The van der Waals surface area contributed by atoms with Crippen molar-refractivity contribution in [1.82, 2.24) is 19.4 Å². The second-order valence-electron chi connectivity index (χ2n) is 6.68. The van der Waals surface area contributed by atoms with Gasteiger partial charge < -0.3 is 9.47 Å². The molecule has 3 atom stereocenters. The van der Waals surface area contributed by atoms with E-state index in [-0.39, 0.29) is 11.9 Å². The molecule has 2 heterocycles. The number of imidazole rings is 1. The van der Waals surface area contributed by atoms with Crippen LogP contribution in [0, 0.1) is 6.92 Å². The van der Waals surface area contributed by atoms with Crippen LogP contribution in [0.4, 0.5) is 0 Å². The molecule has 0 aromatic carbocycles. The Kier molecular flexibility index (Phi) is 5.62. The summed E-state index contributed by atoms with van der Waals surface area (Å²) in [5, 5.41) is 0. The van der Waals surface area contributed by atoms with Crippen LogP contribution in [0.2, 0.25) is 0 Å². The highest BCUT2D eigenvalue weighted by Crippen LogP contribution is 2.26. The number of rotatable bonds is 6. The van der Waals surface area contributed by atoms with Gasteiger partial charge in [-0.1, -0.05) is 0 Å². The van der Waals surface area contributed by atoms with Crippen LogP contribution in [0.25, 0.3) is 0 Å². The second-order valence-corrected chi connectivity index (χ2v) is 6.68. The standard InChI is InChI=1S/C17H30N4O/c1-13-7-8-14(2)21(13)15(3)17(22)19(5)10-6-11-20-12-9-18-16(20)4/h9,12-15H,6-8,10-11H2,1-5H3/t13-,14-,15+/m1/s1. The molecule has 0 spiro atoms. The van der Waals surface area contributed by atoms with Crippen molar-refractivity contribution in [3.05, 3.63) is 18.2 Å². The fraction of sp³-hybridized carbons (Fsp3) is 0.765. The van der Waals surface area contributed by atoms with Gasteiger partial charge in [0.1, 0.15) is 5.82 Å². The number of hydrogen-bond acceptors (Lipinski definition) is 3. The lowest BCUT2D eigenvalue weighted by Gasteiger charge is -2.34. The van der Waals surface area contributed by atoms with Gasteiger partial charge in [0, 0.05) is 44.6 Å². The van der Waals surface area contributed by atoms with Gasteiger partial charge in [0.25, 0.3) is 0 Å². The number of carbonyl (C=O) groups is 1. The summed E-state index contributed by atoms with van der Waals surface area (Å²) in [4.78, 5) is 21.1. The van der Waals surface area contributed by atoms with Crippen LogP contribution in [0.3, 0.4) is 0 Å². The van der Waals surface area contributed by atoms with Gasteiger partial charge in [-0.3, -0.25) is 9.69 Å². The Morgan fingerprint density at radius 3 is 2.59 bits per heavy atom. The monoisotopic (exact) mass is 306 g/mol. The molecule has 1 aliphatic rings. The highest BCUT2D eigenvalue weighted by molar-refractivity contribution is 5.81. The van der Waals surface area contributed by atoms with E-state index in [2.05, 4.69) is 35.2 Å².